The second-order valence-corrected chi connectivity index (χ2v) is 6.88. The Morgan fingerprint density at radius 2 is 1.57 bits per heavy atom. The summed E-state index contributed by atoms with van der Waals surface area (Å²) in [6.45, 7) is 0.456. The molecule has 0 aliphatic heterocycles. The molecule has 0 saturated carbocycles. The van der Waals surface area contributed by atoms with Gasteiger partial charge in [0.25, 0.3) is 5.91 Å². The molecule has 140 valence electrons. The number of aromatic nitrogens is 4. The molecule has 0 aliphatic rings. The third-order valence-electron chi connectivity index (χ3n) is 4.34. The first-order valence-corrected chi connectivity index (χ1v) is 9.13. The van der Waals surface area contributed by atoms with Crippen molar-refractivity contribution in [1.29, 1.82) is 0 Å². The molecule has 0 atom stereocenters. The normalized spacial score (nSPS) is 10.8. The lowest BCUT2D eigenvalue weighted by Gasteiger charge is -2.14. The Balaban J connectivity index is 1.45. The highest BCUT2D eigenvalue weighted by Crippen LogP contribution is 2.15. The molecule has 1 amide bonds. The SMILES string of the molecule is CN(Cc1cnn(-c2ccccc2)c1)C(=O)c1cnn(-c2ccc(Cl)cc2)c1. The van der Waals surface area contributed by atoms with Crippen LogP contribution >= 0.6 is 11.6 Å². The van der Waals surface area contributed by atoms with Gasteiger partial charge in [0.05, 0.1) is 29.3 Å². The van der Waals surface area contributed by atoms with Crippen LogP contribution in [0, 0.1) is 0 Å². The summed E-state index contributed by atoms with van der Waals surface area (Å²) in [6, 6.07) is 17.1. The Morgan fingerprint density at radius 3 is 2.32 bits per heavy atom. The van der Waals surface area contributed by atoms with Gasteiger partial charge in [0.2, 0.25) is 0 Å². The van der Waals surface area contributed by atoms with Crippen LogP contribution in [0.2, 0.25) is 5.02 Å². The number of para-hydroxylation sites is 1. The van der Waals surface area contributed by atoms with Gasteiger partial charge < -0.3 is 4.90 Å². The van der Waals surface area contributed by atoms with Gasteiger partial charge in [-0.3, -0.25) is 4.79 Å². The average Bonchev–Trinajstić information content (AvgIpc) is 3.39. The van der Waals surface area contributed by atoms with E-state index in [-0.39, 0.29) is 5.91 Å². The smallest absolute Gasteiger partial charge is 0.257 e. The minimum atomic E-state index is -0.104. The molecule has 0 fully saturated rings. The van der Waals surface area contributed by atoms with Crippen molar-refractivity contribution in [2.24, 2.45) is 0 Å². The van der Waals surface area contributed by atoms with Gasteiger partial charge in [-0.1, -0.05) is 29.8 Å². The van der Waals surface area contributed by atoms with Crippen molar-refractivity contribution >= 4 is 17.5 Å². The predicted molar refractivity (Wildman–Crippen MR) is 108 cm³/mol. The van der Waals surface area contributed by atoms with Crippen molar-refractivity contribution in [2.45, 2.75) is 6.54 Å². The van der Waals surface area contributed by atoms with Crippen LogP contribution in [0.5, 0.6) is 0 Å². The monoisotopic (exact) mass is 391 g/mol. The Bertz CT molecular complexity index is 1090. The lowest BCUT2D eigenvalue weighted by atomic mass is 10.2. The lowest BCUT2D eigenvalue weighted by molar-refractivity contribution is 0.0785. The van der Waals surface area contributed by atoms with Gasteiger partial charge in [0, 0.05) is 36.6 Å². The number of amides is 1. The van der Waals surface area contributed by atoms with E-state index in [1.165, 1.54) is 0 Å². The minimum absolute atomic E-state index is 0.104. The lowest BCUT2D eigenvalue weighted by Crippen LogP contribution is -2.25. The molecule has 2 heterocycles. The van der Waals surface area contributed by atoms with Crippen molar-refractivity contribution in [3.63, 3.8) is 0 Å². The third kappa shape index (κ3) is 3.82. The van der Waals surface area contributed by atoms with E-state index >= 15 is 0 Å². The predicted octanol–water partition coefficient (Wildman–Crippen LogP) is 3.98. The molecule has 6 nitrogen and oxygen atoms in total. The summed E-state index contributed by atoms with van der Waals surface area (Å²) in [5.74, 6) is -0.104. The Labute approximate surface area is 167 Å². The van der Waals surface area contributed by atoms with E-state index < -0.39 is 0 Å². The average molecular weight is 392 g/mol. The van der Waals surface area contributed by atoms with Crippen LogP contribution in [-0.4, -0.2) is 37.4 Å². The number of hydrogen-bond donors (Lipinski definition) is 0. The van der Waals surface area contributed by atoms with Gasteiger partial charge in [-0.25, -0.2) is 9.36 Å². The number of nitrogens with zero attached hydrogens (tertiary/aromatic N) is 5. The molecule has 0 spiro atoms. The van der Waals surface area contributed by atoms with Gasteiger partial charge in [0.1, 0.15) is 0 Å². The van der Waals surface area contributed by atoms with E-state index in [9.17, 15) is 4.79 Å². The van der Waals surface area contributed by atoms with Crippen molar-refractivity contribution in [1.82, 2.24) is 24.5 Å². The molecule has 28 heavy (non-hydrogen) atoms. The first-order chi connectivity index (χ1) is 13.6. The standard InChI is InChI=1S/C21H18ClN5O/c1-25(13-16-11-23-26(14-16)19-5-3-2-4-6-19)21(28)17-12-24-27(15-17)20-9-7-18(22)8-10-20/h2-12,14-15H,13H2,1H3. The highest BCUT2D eigenvalue weighted by atomic mass is 35.5. The van der Waals surface area contributed by atoms with Crippen molar-refractivity contribution in [2.75, 3.05) is 7.05 Å². The molecular weight excluding hydrogens is 374 g/mol. The first kappa shape index (κ1) is 18.0. The summed E-state index contributed by atoms with van der Waals surface area (Å²) >= 11 is 5.92. The number of rotatable bonds is 5. The Hall–Kier alpha value is -3.38. The molecule has 0 aliphatic carbocycles. The molecule has 4 rings (SSSR count). The van der Waals surface area contributed by atoms with Gasteiger partial charge in [-0.05, 0) is 36.4 Å². The van der Waals surface area contributed by atoms with Crippen molar-refractivity contribution < 1.29 is 4.79 Å². The number of halogens is 1. The quantitative estimate of drug-likeness (QED) is 0.517. The first-order valence-electron chi connectivity index (χ1n) is 8.75. The largest absolute Gasteiger partial charge is 0.337 e. The van der Waals surface area contributed by atoms with E-state index in [0.29, 0.717) is 17.1 Å². The van der Waals surface area contributed by atoms with Crippen molar-refractivity contribution in [3.05, 3.63) is 95.5 Å². The summed E-state index contributed by atoms with van der Waals surface area (Å²) < 4.78 is 3.46. The second-order valence-electron chi connectivity index (χ2n) is 6.44. The summed E-state index contributed by atoms with van der Waals surface area (Å²) in [4.78, 5) is 14.4. The highest BCUT2D eigenvalue weighted by molar-refractivity contribution is 6.30. The fraction of sp³-hybridized carbons (Fsp3) is 0.0952. The zero-order chi connectivity index (χ0) is 19.5. The molecule has 0 N–H and O–H groups in total. The van der Waals surface area contributed by atoms with E-state index in [1.54, 1.807) is 52.0 Å². The van der Waals surface area contributed by atoms with E-state index in [1.807, 2.05) is 48.7 Å². The number of carbonyl (C=O) groups is 1. The summed E-state index contributed by atoms with van der Waals surface area (Å²) in [6.07, 6.45) is 6.99. The fourth-order valence-electron chi connectivity index (χ4n) is 2.90. The van der Waals surface area contributed by atoms with Gasteiger partial charge in [-0.2, -0.15) is 10.2 Å². The highest BCUT2D eigenvalue weighted by Gasteiger charge is 2.15. The maximum atomic E-state index is 12.7. The van der Waals surface area contributed by atoms with Gasteiger partial charge >= 0.3 is 0 Å². The van der Waals surface area contributed by atoms with Crippen LogP contribution in [0.1, 0.15) is 15.9 Å². The topological polar surface area (TPSA) is 56.0 Å². The molecule has 2 aromatic heterocycles. The molecule has 0 radical (unpaired) electrons. The molecule has 0 saturated heterocycles. The minimum Gasteiger partial charge on any atom is -0.337 e. The van der Waals surface area contributed by atoms with Crippen LogP contribution < -0.4 is 0 Å². The zero-order valence-corrected chi connectivity index (χ0v) is 16.0. The van der Waals surface area contributed by atoms with Crippen LogP contribution in [0.4, 0.5) is 0 Å². The number of hydrogen-bond acceptors (Lipinski definition) is 3. The maximum Gasteiger partial charge on any atom is 0.257 e. The molecule has 4 aromatic rings. The summed E-state index contributed by atoms with van der Waals surface area (Å²) in [5, 5.41) is 9.31. The molecule has 0 unspecified atom stereocenters. The van der Waals surface area contributed by atoms with Gasteiger partial charge in [-0.15, -0.1) is 0 Å². The number of carbonyl (C=O) groups excluding carboxylic acids is 1. The Kier molecular flexibility index (Phi) is 4.95. The van der Waals surface area contributed by atoms with Crippen molar-refractivity contribution in [3.8, 4) is 11.4 Å². The van der Waals surface area contributed by atoms with Crippen LogP contribution in [-0.2, 0) is 6.54 Å². The molecule has 7 heteroatoms. The fourth-order valence-corrected chi connectivity index (χ4v) is 3.02. The van der Waals surface area contributed by atoms with Crippen LogP contribution in [0.3, 0.4) is 0 Å². The van der Waals surface area contributed by atoms with Crippen LogP contribution in [0.25, 0.3) is 11.4 Å². The van der Waals surface area contributed by atoms with E-state index in [0.717, 1.165) is 16.9 Å². The zero-order valence-electron chi connectivity index (χ0n) is 15.2. The third-order valence-corrected chi connectivity index (χ3v) is 4.60. The van der Waals surface area contributed by atoms with Gasteiger partial charge in [0.15, 0.2) is 0 Å². The summed E-state index contributed by atoms with van der Waals surface area (Å²) in [7, 11) is 1.77. The summed E-state index contributed by atoms with van der Waals surface area (Å²) in [5.41, 5.74) is 3.29. The van der Waals surface area contributed by atoms with E-state index in [2.05, 4.69) is 10.2 Å². The second kappa shape index (κ2) is 7.70. The number of benzene rings is 2. The van der Waals surface area contributed by atoms with Crippen LogP contribution in [0.15, 0.2) is 79.4 Å². The molecule has 2 aromatic carbocycles. The van der Waals surface area contributed by atoms with E-state index in [4.69, 9.17) is 11.6 Å². The molecular formula is C21H18ClN5O. The Morgan fingerprint density at radius 1 is 0.929 bits per heavy atom. The molecule has 0 bridgehead atoms. The maximum absolute atomic E-state index is 12.7.